The van der Waals surface area contributed by atoms with E-state index in [9.17, 15) is 9.90 Å². The molecule has 19 heavy (non-hydrogen) atoms. The molecule has 0 heterocycles. The second-order valence-electron chi connectivity index (χ2n) is 5.19. The summed E-state index contributed by atoms with van der Waals surface area (Å²) >= 11 is 0. The highest BCUT2D eigenvalue weighted by Crippen LogP contribution is 2.19. The van der Waals surface area contributed by atoms with Gasteiger partial charge in [0.1, 0.15) is 11.8 Å². The van der Waals surface area contributed by atoms with E-state index in [0.717, 1.165) is 12.0 Å². The summed E-state index contributed by atoms with van der Waals surface area (Å²) in [4.78, 5) is 11.7. The van der Waals surface area contributed by atoms with Gasteiger partial charge in [-0.2, -0.15) is 0 Å². The van der Waals surface area contributed by atoms with Crippen molar-refractivity contribution in [2.24, 2.45) is 5.92 Å². The lowest BCUT2D eigenvalue weighted by molar-refractivity contribution is -0.143. The van der Waals surface area contributed by atoms with E-state index < -0.39 is 0 Å². The molecule has 0 radical (unpaired) electrons. The van der Waals surface area contributed by atoms with E-state index in [0.29, 0.717) is 5.92 Å². The minimum atomic E-state index is -0.331. The molecule has 4 heteroatoms. The fourth-order valence-electron chi connectivity index (χ4n) is 2.04. The zero-order valence-electron chi connectivity index (χ0n) is 12.0. The fraction of sp³-hybridized carbons (Fsp3) is 0.533. The summed E-state index contributed by atoms with van der Waals surface area (Å²) in [6.07, 6.45) is 0.718. The number of phenols is 1. The third kappa shape index (κ3) is 4.91. The summed E-state index contributed by atoms with van der Waals surface area (Å²) in [5.74, 6) is 0.373. The second-order valence-corrected chi connectivity index (χ2v) is 5.19. The van der Waals surface area contributed by atoms with Gasteiger partial charge in [0.2, 0.25) is 0 Å². The van der Waals surface area contributed by atoms with Crippen LogP contribution in [-0.4, -0.2) is 24.2 Å². The lowest BCUT2D eigenvalue weighted by Gasteiger charge is -2.23. The van der Waals surface area contributed by atoms with Gasteiger partial charge in [0.15, 0.2) is 0 Å². The van der Waals surface area contributed by atoms with E-state index in [1.54, 1.807) is 18.2 Å². The number of hydrogen-bond acceptors (Lipinski definition) is 4. The van der Waals surface area contributed by atoms with Crippen molar-refractivity contribution in [2.75, 3.05) is 7.11 Å². The molecule has 0 aliphatic heterocycles. The lowest BCUT2D eigenvalue weighted by atomic mass is 10.0. The molecule has 106 valence electrons. The highest BCUT2D eigenvalue weighted by atomic mass is 16.5. The van der Waals surface area contributed by atoms with Crippen molar-refractivity contribution in [3.63, 3.8) is 0 Å². The Hall–Kier alpha value is -1.55. The normalized spacial score (nSPS) is 14.2. The minimum absolute atomic E-state index is 0.0325. The molecule has 2 unspecified atom stereocenters. The molecule has 0 aliphatic carbocycles. The van der Waals surface area contributed by atoms with Crippen LogP contribution in [-0.2, 0) is 9.53 Å². The first kappa shape index (κ1) is 15.5. The molecule has 1 aromatic rings. The molecule has 4 nitrogen and oxygen atoms in total. The van der Waals surface area contributed by atoms with Crippen molar-refractivity contribution in [3.8, 4) is 5.75 Å². The number of aromatic hydroxyl groups is 1. The van der Waals surface area contributed by atoms with E-state index in [1.165, 1.54) is 7.11 Å². The summed E-state index contributed by atoms with van der Waals surface area (Å²) in [5.41, 5.74) is 0.942. The van der Waals surface area contributed by atoms with Crippen molar-refractivity contribution < 1.29 is 14.6 Å². The lowest BCUT2D eigenvalue weighted by Crippen LogP contribution is -2.40. The standard InChI is InChI=1S/C15H23NO3/c1-10(2)8-14(15(18)19-4)16-11(3)12-6-5-7-13(17)9-12/h5-7,9-11,14,16-17H,8H2,1-4H3. The fourth-order valence-corrected chi connectivity index (χ4v) is 2.04. The topological polar surface area (TPSA) is 58.6 Å². The van der Waals surface area contributed by atoms with Crippen LogP contribution in [0.5, 0.6) is 5.75 Å². The van der Waals surface area contributed by atoms with Gasteiger partial charge < -0.3 is 9.84 Å². The van der Waals surface area contributed by atoms with E-state index in [-0.39, 0.29) is 23.8 Å². The van der Waals surface area contributed by atoms with Gasteiger partial charge >= 0.3 is 5.97 Å². The number of carbonyl (C=O) groups is 1. The zero-order valence-corrected chi connectivity index (χ0v) is 12.0. The van der Waals surface area contributed by atoms with Crippen LogP contribution in [0.15, 0.2) is 24.3 Å². The molecular formula is C15H23NO3. The molecule has 0 amide bonds. The summed E-state index contributed by atoms with van der Waals surface area (Å²) in [5, 5.41) is 12.7. The molecule has 1 rings (SSSR count). The van der Waals surface area contributed by atoms with E-state index in [1.807, 2.05) is 13.0 Å². The third-order valence-corrected chi connectivity index (χ3v) is 3.01. The van der Waals surface area contributed by atoms with Crippen LogP contribution in [0.3, 0.4) is 0 Å². The van der Waals surface area contributed by atoms with Gasteiger partial charge in [0, 0.05) is 6.04 Å². The Morgan fingerprint density at radius 1 is 1.37 bits per heavy atom. The monoisotopic (exact) mass is 265 g/mol. The van der Waals surface area contributed by atoms with Crippen LogP contribution in [0.1, 0.15) is 38.8 Å². The first-order valence-corrected chi connectivity index (χ1v) is 6.56. The predicted octanol–water partition coefficient (Wildman–Crippen LogP) is 2.63. The third-order valence-electron chi connectivity index (χ3n) is 3.01. The maximum Gasteiger partial charge on any atom is 0.322 e. The Morgan fingerprint density at radius 3 is 2.58 bits per heavy atom. The van der Waals surface area contributed by atoms with Crippen LogP contribution in [0.25, 0.3) is 0 Å². The highest BCUT2D eigenvalue weighted by molar-refractivity contribution is 5.75. The van der Waals surface area contributed by atoms with Crippen LogP contribution in [0, 0.1) is 5.92 Å². The summed E-state index contributed by atoms with van der Waals surface area (Å²) < 4.78 is 4.82. The Labute approximate surface area is 114 Å². The highest BCUT2D eigenvalue weighted by Gasteiger charge is 2.22. The number of ether oxygens (including phenoxy) is 1. The average Bonchev–Trinajstić information content (AvgIpc) is 2.36. The molecule has 1 aromatic carbocycles. The van der Waals surface area contributed by atoms with Crippen LogP contribution >= 0.6 is 0 Å². The number of carbonyl (C=O) groups excluding carboxylic acids is 1. The zero-order chi connectivity index (χ0) is 14.4. The maximum absolute atomic E-state index is 11.7. The first-order chi connectivity index (χ1) is 8.93. The van der Waals surface area contributed by atoms with Gasteiger partial charge in [0.05, 0.1) is 7.11 Å². The largest absolute Gasteiger partial charge is 0.508 e. The molecule has 0 aromatic heterocycles. The predicted molar refractivity (Wildman–Crippen MR) is 74.9 cm³/mol. The van der Waals surface area contributed by atoms with Gasteiger partial charge in [-0.25, -0.2) is 0 Å². The van der Waals surface area contributed by atoms with Crippen molar-refractivity contribution in [1.82, 2.24) is 5.32 Å². The maximum atomic E-state index is 11.7. The van der Waals surface area contributed by atoms with Gasteiger partial charge in [-0.05, 0) is 37.0 Å². The second kappa shape index (κ2) is 7.14. The number of phenolic OH excluding ortho intramolecular Hbond substituents is 1. The Morgan fingerprint density at radius 2 is 2.05 bits per heavy atom. The minimum Gasteiger partial charge on any atom is -0.508 e. The summed E-state index contributed by atoms with van der Waals surface area (Å²) in [7, 11) is 1.40. The quantitative estimate of drug-likeness (QED) is 0.776. The number of esters is 1. The number of benzene rings is 1. The molecule has 2 atom stereocenters. The van der Waals surface area contributed by atoms with E-state index >= 15 is 0 Å². The number of methoxy groups -OCH3 is 1. The average molecular weight is 265 g/mol. The van der Waals surface area contributed by atoms with Crippen LogP contribution in [0.4, 0.5) is 0 Å². The number of nitrogens with one attached hydrogen (secondary N) is 1. The Bertz CT molecular complexity index is 418. The molecule has 0 fully saturated rings. The Balaban J connectivity index is 2.75. The van der Waals surface area contributed by atoms with E-state index in [2.05, 4.69) is 19.2 Å². The molecule has 2 N–H and O–H groups in total. The van der Waals surface area contributed by atoms with Gasteiger partial charge in [-0.15, -0.1) is 0 Å². The van der Waals surface area contributed by atoms with Crippen molar-refractivity contribution in [3.05, 3.63) is 29.8 Å². The van der Waals surface area contributed by atoms with Gasteiger partial charge in [0.25, 0.3) is 0 Å². The van der Waals surface area contributed by atoms with Crippen molar-refractivity contribution in [2.45, 2.75) is 39.3 Å². The van der Waals surface area contributed by atoms with Crippen molar-refractivity contribution >= 4 is 5.97 Å². The summed E-state index contributed by atoms with van der Waals surface area (Å²) in [6.45, 7) is 6.10. The smallest absolute Gasteiger partial charge is 0.322 e. The molecule has 0 spiro atoms. The van der Waals surface area contributed by atoms with Crippen molar-refractivity contribution in [1.29, 1.82) is 0 Å². The molecular weight excluding hydrogens is 242 g/mol. The molecule has 0 saturated heterocycles. The SMILES string of the molecule is COC(=O)C(CC(C)C)NC(C)c1cccc(O)c1. The molecule has 0 bridgehead atoms. The van der Waals surface area contributed by atoms with Crippen LogP contribution in [0.2, 0.25) is 0 Å². The Kier molecular flexibility index (Phi) is 5.83. The molecule has 0 saturated carbocycles. The first-order valence-electron chi connectivity index (χ1n) is 6.56. The van der Waals surface area contributed by atoms with Gasteiger partial charge in [-0.1, -0.05) is 26.0 Å². The van der Waals surface area contributed by atoms with Crippen LogP contribution < -0.4 is 5.32 Å². The number of hydrogen-bond donors (Lipinski definition) is 2. The van der Waals surface area contributed by atoms with Gasteiger partial charge in [-0.3, -0.25) is 10.1 Å². The molecule has 0 aliphatic rings. The number of rotatable bonds is 6. The van der Waals surface area contributed by atoms with E-state index in [4.69, 9.17) is 4.74 Å². The summed E-state index contributed by atoms with van der Waals surface area (Å²) in [6, 6.07) is 6.67.